The molecule has 7 heteroatoms. The second-order valence-electron chi connectivity index (χ2n) is 10.1. The highest BCUT2D eigenvalue weighted by atomic mass is 32.2. The van der Waals surface area contributed by atoms with Crippen molar-refractivity contribution in [1.29, 1.82) is 0 Å². The van der Waals surface area contributed by atoms with Crippen LogP contribution in [0.5, 0.6) is 0 Å². The standard InChI is InChI=1S/C24H33N3O3S/c1-2-7-31-23-19(3-4-20(25-23)27-6-5-16(13-27)24(29)30)22(28)26-21-17-9-14-8-15(11-17)12-18(21)10-14/h3-4,14-18,21H,2,5-13H2,1H3,(H,26,28)(H,29,30)/t14?,15?,16-,17?,18?,21?/m1/s1. The van der Waals surface area contributed by atoms with E-state index in [1.54, 1.807) is 11.8 Å². The molecular formula is C24H33N3O3S. The van der Waals surface area contributed by atoms with Gasteiger partial charge in [0.1, 0.15) is 10.8 Å². The van der Waals surface area contributed by atoms with Crippen molar-refractivity contribution < 1.29 is 14.7 Å². The predicted molar refractivity (Wildman–Crippen MR) is 122 cm³/mol. The van der Waals surface area contributed by atoms with Gasteiger partial charge in [-0.05, 0) is 86.5 Å². The normalized spacial score (nSPS) is 33.6. The topological polar surface area (TPSA) is 82.5 Å². The molecule has 6 rings (SSSR count). The number of carboxylic acid groups (broad SMARTS) is 1. The lowest BCUT2D eigenvalue weighted by Crippen LogP contribution is -2.55. The minimum atomic E-state index is -0.741. The Morgan fingerprint density at radius 1 is 1.16 bits per heavy atom. The molecule has 1 aliphatic heterocycles. The molecule has 4 saturated carbocycles. The Morgan fingerprint density at radius 3 is 2.48 bits per heavy atom. The van der Waals surface area contributed by atoms with Crippen LogP contribution in [0.15, 0.2) is 17.2 Å². The number of rotatable bonds is 7. The summed E-state index contributed by atoms with van der Waals surface area (Å²) in [5.74, 6) is 3.71. The second kappa shape index (κ2) is 8.64. The smallest absolute Gasteiger partial charge is 0.308 e. The van der Waals surface area contributed by atoms with Crippen LogP contribution in [0.4, 0.5) is 5.82 Å². The number of hydrogen-bond acceptors (Lipinski definition) is 5. The fourth-order valence-corrected chi connectivity index (χ4v) is 7.52. The van der Waals surface area contributed by atoms with Crippen molar-refractivity contribution in [3.8, 4) is 0 Å². The first kappa shape index (κ1) is 21.1. The van der Waals surface area contributed by atoms with Gasteiger partial charge in [0.05, 0.1) is 11.5 Å². The number of thioether (sulfide) groups is 1. The molecule has 1 aromatic heterocycles. The molecule has 31 heavy (non-hydrogen) atoms. The Kier molecular flexibility index (Phi) is 5.88. The monoisotopic (exact) mass is 443 g/mol. The number of carbonyl (C=O) groups excluding carboxylic acids is 1. The molecule has 1 amide bonds. The van der Waals surface area contributed by atoms with Crippen LogP contribution in [-0.4, -0.2) is 46.9 Å². The van der Waals surface area contributed by atoms with Crippen molar-refractivity contribution in [1.82, 2.24) is 10.3 Å². The van der Waals surface area contributed by atoms with Crippen LogP contribution in [-0.2, 0) is 4.79 Å². The van der Waals surface area contributed by atoms with Crippen molar-refractivity contribution in [2.75, 3.05) is 23.7 Å². The first-order valence-electron chi connectivity index (χ1n) is 11.9. The Bertz CT molecular complexity index is 832. The van der Waals surface area contributed by atoms with Gasteiger partial charge in [0.2, 0.25) is 0 Å². The molecular weight excluding hydrogens is 410 g/mol. The Labute approximate surface area is 188 Å². The van der Waals surface area contributed by atoms with E-state index >= 15 is 0 Å². The number of aliphatic carboxylic acids is 1. The number of carbonyl (C=O) groups is 2. The van der Waals surface area contributed by atoms with Crippen LogP contribution >= 0.6 is 11.8 Å². The van der Waals surface area contributed by atoms with Crippen LogP contribution in [0.1, 0.15) is 62.2 Å². The lowest BCUT2D eigenvalue weighted by Gasteiger charge is -2.54. The maximum absolute atomic E-state index is 13.3. The fraction of sp³-hybridized carbons (Fsp3) is 0.708. The second-order valence-corrected chi connectivity index (χ2v) is 11.2. The van der Waals surface area contributed by atoms with Crippen LogP contribution in [0.25, 0.3) is 0 Å². The van der Waals surface area contributed by atoms with Crippen LogP contribution in [0, 0.1) is 29.6 Å². The highest BCUT2D eigenvalue weighted by molar-refractivity contribution is 7.99. The van der Waals surface area contributed by atoms with E-state index in [1.165, 1.54) is 32.1 Å². The van der Waals surface area contributed by atoms with Crippen molar-refractivity contribution in [3.05, 3.63) is 17.7 Å². The summed E-state index contributed by atoms with van der Waals surface area (Å²) >= 11 is 1.63. The van der Waals surface area contributed by atoms with Gasteiger partial charge in [-0.25, -0.2) is 4.98 Å². The molecule has 4 aliphatic carbocycles. The average Bonchev–Trinajstić information content (AvgIpc) is 3.25. The summed E-state index contributed by atoms with van der Waals surface area (Å²) in [5.41, 5.74) is 0.671. The Hall–Kier alpha value is -1.76. The van der Waals surface area contributed by atoms with E-state index in [0.29, 0.717) is 43.0 Å². The molecule has 0 spiro atoms. The van der Waals surface area contributed by atoms with Crippen LogP contribution < -0.4 is 10.2 Å². The summed E-state index contributed by atoms with van der Waals surface area (Å²) in [6, 6.07) is 4.12. The fourth-order valence-electron chi connectivity index (χ4n) is 6.65. The third-order valence-corrected chi connectivity index (χ3v) is 9.12. The zero-order valence-corrected chi connectivity index (χ0v) is 19.1. The van der Waals surface area contributed by atoms with E-state index in [-0.39, 0.29) is 11.8 Å². The summed E-state index contributed by atoms with van der Waals surface area (Å²) in [4.78, 5) is 31.5. The molecule has 5 aliphatic rings. The molecule has 6 nitrogen and oxygen atoms in total. The Morgan fingerprint density at radius 2 is 1.87 bits per heavy atom. The molecule has 1 atom stereocenters. The van der Waals surface area contributed by atoms with E-state index < -0.39 is 5.97 Å². The number of hydrogen-bond donors (Lipinski definition) is 2. The molecule has 0 aromatic carbocycles. The quantitative estimate of drug-likeness (QED) is 0.619. The highest BCUT2D eigenvalue weighted by Gasteiger charge is 2.48. The van der Waals surface area contributed by atoms with E-state index in [2.05, 4.69) is 12.2 Å². The number of amides is 1. The lowest BCUT2D eigenvalue weighted by atomic mass is 9.54. The molecule has 2 heterocycles. The van der Waals surface area contributed by atoms with Gasteiger partial charge < -0.3 is 15.3 Å². The SMILES string of the molecule is CCCSc1nc(N2CC[C@@H](C(=O)O)C2)ccc1C(=O)NC1C2CC3CC(C2)CC1C3. The van der Waals surface area contributed by atoms with Gasteiger partial charge >= 0.3 is 5.97 Å². The maximum Gasteiger partial charge on any atom is 0.308 e. The first-order valence-corrected chi connectivity index (χ1v) is 12.9. The number of pyridine rings is 1. The van der Waals surface area contributed by atoms with Gasteiger partial charge in [0, 0.05) is 19.1 Å². The summed E-state index contributed by atoms with van der Waals surface area (Å²) in [6.45, 7) is 3.31. The van der Waals surface area contributed by atoms with E-state index in [1.807, 2.05) is 17.0 Å². The van der Waals surface area contributed by atoms with Crippen molar-refractivity contribution >= 4 is 29.5 Å². The average molecular weight is 444 g/mol. The molecule has 5 fully saturated rings. The predicted octanol–water partition coefficient (Wildman–Crippen LogP) is 4.05. The molecule has 0 unspecified atom stereocenters. The number of anilines is 1. The lowest BCUT2D eigenvalue weighted by molar-refractivity contribution is -0.140. The van der Waals surface area contributed by atoms with Gasteiger partial charge in [0.25, 0.3) is 5.91 Å². The highest BCUT2D eigenvalue weighted by Crippen LogP contribution is 2.53. The minimum Gasteiger partial charge on any atom is -0.481 e. The maximum atomic E-state index is 13.3. The zero-order valence-electron chi connectivity index (χ0n) is 18.3. The largest absolute Gasteiger partial charge is 0.481 e. The number of aromatic nitrogens is 1. The van der Waals surface area contributed by atoms with Gasteiger partial charge in [-0.15, -0.1) is 11.8 Å². The van der Waals surface area contributed by atoms with E-state index in [4.69, 9.17) is 4.98 Å². The number of nitrogens with zero attached hydrogens (tertiary/aromatic N) is 2. The van der Waals surface area contributed by atoms with Crippen LogP contribution in [0.3, 0.4) is 0 Å². The zero-order chi connectivity index (χ0) is 21.5. The molecule has 4 bridgehead atoms. The third-order valence-electron chi connectivity index (χ3n) is 7.92. The van der Waals surface area contributed by atoms with Gasteiger partial charge in [-0.2, -0.15) is 0 Å². The minimum absolute atomic E-state index is 0.0139. The van der Waals surface area contributed by atoms with Gasteiger partial charge in [-0.3, -0.25) is 9.59 Å². The molecule has 1 saturated heterocycles. The van der Waals surface area contributed by atoms with E-state index in [9.17, 15) is 14.7 Å². The summed E-state index contributed by atoms with van der Waals surface area (Å²) < 4.78 is 0. The number of nitrogens with one attached hydrogen (secondary N) is 1. The Balaban J connectivity index is 1.33. The molecule has 168 valence electrons. The van der Waals surface area contributed by atoms with Gasteiger partial charge in [-0.1, -0.05) is 6.92 Å². The van der Waals surface area contributed by atoms with Crippen molar-refractivity contribution in [2.24, 2.45) is 29.6 Å². The van der Waals surface area contributed by atoms with Gasteiger partial charge in [0.15, 0.2) is 0 Å². The molecule has 1 aromatic rings. The summed E-state index contributed by atoms with van der Waals surface area (Å²) in [5, 5.41) is 13.5. The van der Waals surface area contributed by atoms with Crippen molar-refractivity contribution in [3.63, 3.8) is 0 Å². The summed E-state index contributed by atoms with van der Waals surface area (Å²) in [6.07, 6.45) is 8.20. The third kappa shape index (κ3) is 4.18. The summed E-state index contributed by atoms with van der Waals surface area (Å²) in [7, 11) is 0. The van der Waals surface area contributed by atoms with Crippen LogP contribution in [0.2, 0.25) is 0 Å². The number of carboxylic acids is 1. The molecule has 0 radical (unpaired) electrons. The van der Waals surface area contributed by atoms with E-state index in [0.717, 1.165) is 34.9 Å². The first-order chi connectivity index (χ1) is 15.0. The molecule has 2 N–H and O–H groups in total. The van der Waals surface area contributed by atoms with Crippen molar-refractivity contribution in [2.45, 2.75) is 62.9 Å².